The van der Waals surface area contributed by atoms with Crippen LogP contribution in [0.2, 0.25) is 5.02 Å². The van der Waals surface area contributed by atoms with Crippen LogP contribution in [0, 0.1) is 0 Å². The van der Waals surface area contributed by atoms with Gasteiger partial charge in [-0.25, -0.2) is 9.80 Å². The second-order valence-corrected chi connectivity index (χ2v) is 7.71. The number of carbonyl (C=O) groups excluding carboxylic acids is 2. The molecule has 1 fully saturated rings. The third-order valence-corrected chi connectivity index (χ3v) is 5.33. The van der Waals surface area contributed by atoms with Crippen molar-refractivity contribution >= 4 is 41.1 Å². The number of amides is 2. The van der Waals surface area contributed by atoms with Crippen LogP contribution in [0.1, 0.15) is 21.5 Å². The molecule has 0 atom stereocenters. The molecule has 34 heavy (non-hydrogen) atoms. The average molecular weight is 479 g/mol. The summed E-state index contributed by atoms with van der Waals surface area (Å²) in [6.45, 7) is 0.128. The Balaban J connectivity index is 1.55. The number of hydrogen-bond donors (Lipinski definition) is 2. The van der Waals surface area contributed by atoms with Gasteiger partial charge in [-0.3, -0.25) is 15.0 Å². The van der Waals surface area contributed by atoms with Crippen LogP contribution in [-0.2, 0) is 16.2 Å². The number of rotatable bonds is 7. The minimum absolute atomic E-state index is 0.0471. The average Bonchev–Trinajstić information content (AvgIpc) is 3.12. The second kappa shape index (κ2) is 9.68. The lowest BCUT2D eigenvalue weighted by molar-refractivity contribution is -0.117. The predicted octanol–water partition coefficient (Wildman–Crippen LogP) is 4.09. The van der Waals surface area contributed by atoms with Crippen LogP contribution in [-0.4, -0.2) is 30.0 Å². The molecule has 1 aliphatic heterocycles. The first-order valence-electron chi connectivity index (χ1n) is 10.1. The summed E-state index contributed by atoms with van der Waals surface area (Å²) in [5.41, 5.74) is 4.43. The summed E-state index contributed by atoms with van der Waals surface area (Å²) in [5.74, 6) is -1.44. The zero-order chi connectivity index (χ0) is 24.2. The van der Waals surface area contributed by atoms with Crippen molar-refractivity contribution in [1.82, 2.24) is 5.43 Å². The maximum atomic E-state index is 12.8. The van der Waals surface area contributed by atoms with Crippen LogP contribution in [0.5, 0.6) is 11.5 Å². The molecule has 1 saturated heterocycles. The number of hydrogen-bond acceptors (Lipinski definition) is 5. The van der Waals surface area contributed by atoms with Gasteiger partial charge in [0, 0.05) is 0 Å². The molecule has 0 aliphatic carbocycles. The summed E-state index contributed by atoms with van der Waals surface area (Å²) >= 11 is 6.42. The minimum Gasteiger partial charge on any atom is -0.493 e. The van der Waals surface area contributed by atoms with Gasteiger partial charge < -0.3 is 14.6 Å². The molecule has 0 bridgehead atoms. The first-order chi connectivity index (χ1) is 16.4. The van der Waals surface area contributed by atoms with Crippen molar-refractivity contribution in [3.8, 4) is 11.5 Å². The molecule has 0 saturated carbocycles. The summed E-state index contributed by atoms with van der Waals surface area (Å²) in [6, 6.07) is 18.2. The van der Waals surface area contributed by atoms with Crippen molar-refractivity contribution in [3.05, 3.63) is 94.0 Å². The maximum absolute atomic E-state index is 12.8. The Bertz CT molecular complexity index is 1290. The molecular weight excluding hydrogens is 460 g/mol. The summed E-state index contributed by atoms with van der Waals surface area (Å²) in [7, 11) is 1.45. The molecule has 0 unspecified atom stereocenters. The van der Waals surface area contributed by atoms with E-state index in [9.17, 15) is 14.4 Å². The topological polar surface area (TPSA) is 105 Å². The van der Waals surface area contributed by atoms with Crippen LogP contribution in [0.15, 0.2) is 72.3 Å². The van der Waals surface area contributed by atoms with E-state index in [-0.39, 0.29) is 28.5 Å². The van der Waals surface area contributed by atoms with E-state index >= 15 is 0 Å². The number of carboxylic acids is 1. The van der Waals surface area contributed by atoms with Gasteiger partial charge in [-0.1, -0.05) is 41.9 Å². The van der Waals surface area contributed by atoms with Gasteiger partial charge in [-0.15, -0.1) is 0 Å². The van der Waals surface area contributed by atoms with E-state index in [2.05, 4.69) is 5.43 Å². The third-order valence-electron chi connectivity index (χ3n) is 5.05. The lowest BCUT2D eigenvalue weighted by Gasteiger charge is -2.14. The molecule has 3 aromatic carbocycles. The zero-order valence-corrected chi connectivity index (χ0v) is 18.7. The number of benzene rings is 3. The van der Waals surface area contributed by atoms with Gasteiger partial charge in [-0.05, 0) is 53.6 Å². The highest BCUT2D eigenvalue weighted by molar-refractivity contribution is 6.33. The largest absolute Gasteiger partial charge is 0.493 e. The summed E-state index contributed by atoms with van der Waals surface area (Å²) < 4.78 is 11.2. The molecule has 1 aliphatic rings. The SMILES string of the molecule is COc1cc(C=C2C(=O)NN(c3ccccc3)C2=O)cc(Cl)c1OCc1ccc(C(=O)O)cc1. The highest BCUT2D eigenvalue weighted by Crippen LogP contribution is 2.38. The number of carboxylic acid groups (broad SMARTS) is 1. The Hall–Kier alpha value is -4.30. The van der Waals surface area contributed by atoms with Gasteiger partial charge in [0.1, 0.15) is 12.2 Å². The van der Waals surface area contributed by atoms with Gasteiger partial charge in [0.15, 0.2) is 11.5 Å². The van der Waals surface area contributed by atoms with Gasteiger partial charge in [0.25, 0.3) is 11.8 Å². The zero-order valence-electron chi connectivity index (χ0n) is 17.9. The number of hydrazine groups is 1. The molecule has 1 heterocycles. The summed E-state index contributed by atoms with van der Waals surface area (Å²) in [6.07, 6.45) is 1.43. The van der Waals surface area contributed by atoms with E-state index in [1.807, 2.05) is 6.07 Å². The molecule has 3 aromatic rings. The second-order valence-electron chi connectivity index (χ2n) is 7.30. The lowest BCUT2D eigenvalue weighted by atomic mass is 10.1. The number of nitrogens with one attached hydrogen (secondary N) is 1. The standard InChI is InChI=1S/C25H19ClN2O6/c1-33-21-13-16(11-19-23(29)27-28(24(19)30)18-5-3-2-4-6-18)12-20(26)22(21)34-14-15-7-9-17(10-8-15)25(31)32/h2-13H,14H2,1H3,(H,27,29)(H,31,32). The van der Waals surface area contributed by atoms with E-state index < -0.39 is 17.8 Å². The van der Waals surface area contributed by atoms with E-state index in [4.69, 9.17) is 26.2 Å². The molecular formula is C25H19ClN2O6. The molecule has 0 radical (unpaired) electrons. The number of carbonyl (C=O) groups is 3. The predicted molar refractivity (Wildman–Crippen MR) is 126 cm³/mol. The lowest BCUT2D eigenvalue weighted by Crippen LogP contribution is -2.35. The normalized spacial score (nSPS) is 14.3. The first-order valence-corrected chi connectivity index (χ1v) is 10.5. The molecule has 8 nitrogen and oxygen atoms in total. The van der Waals surface area contributed by atoms with Crippen LogP contribution in [0.25, 0.3) is 6.08 Å². The van der Waals surface area contributed by atoms with Crippen LogP contribution < -0.4 is 19.9 Å². The molecule has 0 spiro atoms. The fourth-order valence-corrected chi connectivity index (χ4v) is 3.62. The smallest absolute Gasteiger partial charge is 0.335 e. The van der Waals surface area contributed by atoms with Gasteiger partial charge >= 0.3 is 5.97 Å². The quantitative estimate of drug-likeness (QED) is 0.391. The number of aromatic carboxylic acids is 1. The number of halogens is 1. The summed E-state index contributed by atoms with van der Waals surface area (Å²) in [5, 5.41) is 10.4. The highest BCUT2D eigenvalue weighted by atomic mass is 35.5. The van der Waals surface area contributed by atoms with Crippen molar-refractivity contribution in [2.24, 2.45) is 0 Å². The minimum atomic E-state index is -1.01. The maximum Gasteiger partial charge on any atom is 0.335 e. The molecule has 2 N–H and O–H groups in total. The van der Waals surface area contributed by atoms with Crippen molar-refractivity contribution in [2.75, 3.05) is 12.1 Å². The van der Waals surface area contributed by atoms with Gasteiger partial charge in [-0.2, -0.15) is 0 Å². The number of ether oxygens (including phenoxy) is 2. The van der Waals surface area contributed by atoms with E-state index in [1.54, 1.807) is 48.5 Å². The Morgan fingerprint density at radius 2 is 1.79 bits per heavy atom. The van der Waals surface area contributed by atoms with Crippen LogP contribution in [0.3, 0.4) is 0 Å². The monoisotopic (exact) mass is 478 g/mol. The van der Waals surface area contributed by atoms with Crippen molar-refractivity contribution in [3.63, 3.8) is 0 Å². The van der Waals surface area contributed by atoms with Crippen LogP contribution in [0.4, 0.5) is 5.69 Å². The van der Waals surface area contributed by atoms with E-state index in [1.165, 1.54) is 30.3 Å². The third kappa shape index (κ3) is 4.72. The Kier molecular flexibility index (Phi) is 6.51. The number of para-hydroxylation sites is 1. The molecule has 4 rings (SSSR count). The Morgan fingerprint density at radius 1 is 1.09 bits per heavy atom. The molecule has 172 valence electrons. The van der Waals surface area contributed by atoms with Crippen molar-refractivity contribution < 1.29 is 29.0 Å². The molecule has 0 aromatic heterocycles. The first kappa shape index (κ1) is 22.9. The number of nitrogens with zero attached hydrogens (tertiary/aromatic N) is 1. The fraction of sp³-hybridized carbons (Fsp3) is 0.0800. The highest BCUT2D eigenvalue weighted by Gasteiger charge is 2.34. The van der Waals surface area contributed by atoms with E-state index in [0.29, 0.717) is 17.0 Å². The Morgan fingerprint density at radius 3 is 2.44 bits per heavy atom. The summed E-state index contributed by atoms with van der Waals surface area (Å²) in [4.78, 5) is 36.2. The van der Waals surface area contributed by atoms with Crippen molar-refractivity contribution in [2.45, 2.75) is 6.61 Å². The molecule has 2 amide bonds. The Labute approximate surface area is 199 Å². The van der Waals surface area contributed by atoms with Crippen LogP contribution >= 0.6 is 11.6 Å². The van der Waals surface area contributed by atoms with Crippen molar-refractivity contribution in [1.29, 1.82) is 0 Å². The van der Waals surface area contributed by atoms with Gasteiger partial charge in [0.05, 0.1) is 23.4 Å². The fourth-order valence-electron chi connectivity index (χ4n) is 3.35. The molecule has 9 heteroatoms. The number of methoxy groups -OCH3 is 1. The number of anilines is 1. The van der Waals surface area contributed by atoms with Gasteiger partial charge in [0.2, 0.25) is 0 Å². The van der Waals surface area contributed by atoms with E-state index in [0.717, 1.165) is 5.56 Å².